The number of ether oxygens (including phenoxy) is 4. The molecule has 0 aromatic heterocycles. The van der Waals surface area contributed by atoms with Gasteiger partial charge in [0.1, 0.15) is 16.5 Å². The Morgan fingerprint density at radius 3 is 2.18 bits per heavy atom. The fourth-order valence-electron chi connectivity index (χ4n) is 8.74. The molecular weight excluding hydrogens is 880 g/mol. The molecule has 3 saturated heterocycles. The molecule has 0 radical (unpaired) electrons. The average Bonchev–Trinajstić information content (AvgIpc) is 3.91. The number of thiocarbonyl (C=S) groups is 1. The van der Waals surface area contributed by atoms with E-state index >= 15 is 0 Å². The topological polar surface area (TPSA) is 86.7 Å². The first-order valence-electron chi connectivity index (χ1n) is 21.6. The van der Waals surface area contributed by atoms with Crippen LogP contribution in [0, 0.1) is 5.92 Å². The zero-order chi connectivity index (χ0) is 44.7. The van der Waals surface area contributed by atoms with Gasteiger partial charge in [0.25, 0.3) is 8.32 Å². The fraction of sp³-hybridized carbons (Fsp3) is 0.617. The van der Waals surface area contributed by atoms with Gasteiger partial charge in [-0.2, -0.15) is 0 Å². The normalized spacial score (nSPS) is 24.6. The zero-order valence-electron chi connectivity index (χ0n) is 38.1. The van der Waals surface area contributed by atoms with Crippen molar-refractivity contribution in [3.8, 4) is 0 Å². The molecule has 3 heterocycles. The molecule has 0 saturated carbocycles. The van der Waals surface area contributed by atoms with Gasteiger partial charge in [0, 0.05) is 23.2 Å². The average molecular weight is 951 g/mol. The maximum absolute atomic E-state index is 13.9. The van der Waals surface area contributed by atoms with Crippen LogP contribution in [0.5, 0.6) is 0 Å². The SMILES string of the molecule is CC(C)[C@H]1CSC(=S)N1C(=O)C[C@@H](O)/C(=C\C/C=C(\Cl)CC[C@@H]1C[C@@H](OC(P(C)C)P(C)C)[C@@H]([C@H]2COC(C)(C)O2)O1)CO[Si](c1ccccc1)(c1ccccc1)C(C)(C)C. The van der Waals surface area contributed by atoms with Crippen LogP contribution in [-0.4, -0.2) is 122 Å². The second-order valence-electron chi connectivity index (χ2n) is 18.8. The van der Waals surface area contributed by atoms with Gasteiger partial charge in [-0.15, -0.1) is 0 Å². The van der Waals surface area contributed by atoms with Gasteiger partial charge in [0.2, 0.25) is 5.91 Å². The van der Waals surface area contributed by atoms with Crippen LogP contribution in [0.3, 0.4) is 0 Å². The van der Waals surface area contributed by atoms with Crippen LogP contribution in [0.25, 0.3) is 0 Å². The first-order chi connectivity index (χ1) is 28.7. The number of nitrogens with zero attached hydrogens (tertiary/aromatic N) is 1. The molecule has 1 N–H and O–H groups in total. The minimum atomic E-state index is -2.95. The van der Waals surface area contributed by atoms with Gasteiger partial charge in [-0.3, -0.25) is 9.69 Å². The Hall–Kier alpha value is -1.04. The zero-order valence-corrected chi connectivity index (χ0v) is 43.3. The number of carbonyl (C=O) groups is 1. The largest absolute Gasteiger partial charge is 0.403 e. The number of hydrogen-bond acceptors (Lipinski definition) is 9. The van der Waals surface area contributed by atoms with Crippen LogP contribution in [0.2, 0.25) is 5.04 Å². The first kappa shape index (κ1) is 50.9. The van der Waals surface area contributed by atoms with Gasteiger partial charge < -0.3 is 28.5 Å². The van der Waals surface area contributed by atoms with E-state index in [1.807, 2.05) is 38.1 Å². The van der Waals surface area contributed by atoms with E-state index in [2.05, 4.69) is 110 Å². The van der Waals surface area contributed by atoms with Crippen LogP contribution in [0.1, 0.15) is 80.6 Å². The van der Waals surface area contributed by atoms with E-state index in [9.17, 15) is 9.90 Å². The predicted octanol–water partition coefficient (Wildman–Crippen LogP) is 9.88. The monoisotopic (exact) mass is 949 g/mol. The molecule has 3 aliphatic heterocycles. The van der Waals surface area contributed by atoms with Crippen molar-refractivity contribution in [1.82, 2.24) is 4.90 Å². The van der Waals surface area contributed by atoms with E-state index in [0.717, 1.165) is 29.0 Å². The number of carbonyl (C=O) groups excluding carboxylic acids is 1. The second-order valence-corrected chi connectivity index (χ2v) is 30.4. The third-order valence-corrected chi connectivity index (χ3v) is 23.4. The summed E-state index contributed by atoms with van der Waals surface area (Å²) in [5.74, 6) is 0.183. The van der Waals surface area contributed by atoms with Gasteiger partial charge in [-0.25, -0.2) is 0 Å². The fourth-order valence-corrected chi connectivity index (χ4v) is 19.6. The van der Waals surface area contributed by atoms with E-state index in [1.54, 1.807) is 4.90 Å². The summed E-state index contributed by atoms with van der Waals surface area (Å²) in [5.41, 5.74) is 0.881. The highest BCUT2D eigenvalue weighted by molar-refractivity contribution is 8.23. The Morgan fingerprint density at radius 2 is 1.66 bits per heavy atom. The molecule has 0 unspecified atom stereocenters. The Bertz CT molecular complexity index is 1770. The van der Waals surface area contributed by atoms with E-state index in [4.69, 9.17) is 47.2 Å². The third-order valence-electron chi connectivity index (χ3n) is 11.8. The quantitative estimate of drug-likeness (QED) is 0.0641. The summed E-state index contributed by atoms with van der Waals surface area (Å²) in [5, 5.41) is 14.7. The lowest BCUT2D eigenvalue weighted by atomic mass is 10.0. The van der Waals surface area contributed by atoms with Crippen molar-refractivity contribution >= 4 is 80.3 Å². The molecule has 338 valence electrons. The number of amides is 1. The molecular formula is C47H70ClNO7P2S2Si. The molecule has 3 fully saturated rings. The van der Waals surface area contributed by atoms with Crippen LogP contribution < -0.4 is 10.4 Å². The lowest BCUT2D eigenvalue weighted by molar-refractivity contribution is -0.163. The standard InChI is InChI=1S/C47H70ClNO7P2S2Si/c1-32(2)38-31-60-44(59)49(38)42(51)28-39(50)33(29-53-61(46(3,4)5,36-21-14-12-15-22-36)37-23-16-13-17-24-37)19-18-20-34(48)25-26-35-27-40(55-45(57(8)9)58(10)11)43(54-35)41-30-52-47(6,7)56-41/h12-17,19-24,32,35,38-41,43,45,50H,18,25-31H2,1-11H3/b33-19-,34-20-/t35-,38-,39-,40-,41-,43+/m1/s1. The van der Waals surface area contributed by atoms with Crippen molar-refractivity contribution in [2.45, 2.75) is 134 Å². The molecule has 0 aliphatic carbocycles. The Balaban J connectivity index is 1.36. The van der Waals surface area contributed by atoms with Crippen molar-refractivity contribution in [3.63, 3.8) is 0 Å². The molecule has 0 spiro atoms. The van der Waals surface area contributed by atoms with Gasteiger partial charge in [0.15, 0.2) is 5.79 Å². The van der Waals surface area contributed by atoms with E-state index in [1.165, 1.54) is 11.8 Å². The first-order valence-corrected chi connectivity index (χ1v) is 29.9. The van der Waals surface area contributed by atoms with Crippen molar-refractivity contribution in [2.24, 2.45) is 5.92 Å². The number of allylic oxidation sites excluding steroid dienone is 3. The third kappa shape index (κ3) is 13.1. The number of aliphatic hydroxyl groups excluding tert-OH is 1. The van der Waals surface area contributed by atoms with Gasteiger partial charge in [-0.05, 0) is 86.7 Å². The Labute approximate surface area is 384 Å². The van der Waals surface area contributed by atoms with Gasteiger partial charge in [-0.1, -0.05) is 159 Å². The molecule has 6 atom stereocenters. The number of halogens is 1. The molecule has 8 nitrogen and oxygen atoms in total. The highest BCUT2D eigenvalue weighted by Crippen LogP contribution is 2.53. The summed E-state index contributed by atoms with van der Waals surface area (Å²) in [6.07, 6.45) is 4.91. The van der Waals surface area contributed by atoms with Crippen molar-refractivity contribution in [3.05, 3.63) is 83.4 Å². The molecule has 14 heteroatoms. The minimum absolute atomic E-state index is 0.000123. The smallest absolute Gasteiger partial charge is 0.261 e. The molecule has 0 bridgehead atoms. The summed E-state index contributed by atoms with van der Waals surface area (Å²) in [7, 11) is -3.52. The number of aliphatic hydroxyl groups is 1. The van der Waals surface area contributed by atoms with E-state index in [-0.39, 0.29) is 81.8 Å². The highest BCUT2D eigenvalue weighted by Gasteiger charge is 2.51. The van der Waals surface area contributed by atoms with Crippen LogP contribution in [0.4, 0.5) is 0 Å². The van der Waals surface area contributed by atoms with E-state index in [0.29, 0.717) is 34.4 Å². The maximum atomic E-state index is 13.9. The number of rotatable bonds is 19. The lowest BCUT2D eigenvalue weighted by Gasteiger charge is -2.43. The Morgan fingerprint density at radius 1 is 1.05 bits per heavy atom. The van der Waals surface area contributed by atoms with Crippen LogP contribution in [-0.2, 0) is 28.2 Å². The van der Waals surface area contributed by atoms with Crippen molar-refractivity contribution < 1.29 is 33.3 Å². The lowest BCUT2D eigenvalue weighted by Crippen LogP contribution is -2.66. The summed E-state index contributed by atoms with van der Waals surface area (Å²) in [6, 6.07) is 20.9. The van der Waals surface area contributed by atoms with Crippen molar-refractivity contribution in [2.75, 3.05) is 45.6 Å². The summed E-state index contributed by atoms with van der Waals surface area (Å²) >= 11 is 14.1. The molecule has 3 aliphatic rings. The second kappa shape index (κ2) is 22.4. The van der Waals surface area contributed by atoms with Gasteiger partial charge in [0.05, 0.1) is 43.5 Å². The molecule has 5 rings (SSSR count). The summed E-state index contributed by atoms with van der Waals surface area (Å²) < 4.78 is 33.7. The van der Waals surface area contributed by atoms with Crippen molar-refractivity contribution in [1.29, 1.82) is 0 Å². The minimum Gasteiger partial charge on any atom is -0.403 e. The van der Waals surface area contributed by atoms with E-state index < -0.39 is 20.2 Å². The molecule has 1 amide bonds. The Kier molecular flexibility index (Phi) is 18.7. The highest BCUT2D eigenvalue weighted by atomic mass is 35.5. The number of hydrogen-bond donors (Lipinski definition) is 1. The van der Waals surface area contributed by atoms with Crippen LogP contribution >= 0.6 is 51.4 Å². The molecule has 61 heavy (non-hydrogen) atoms. The summed E-state index contributed by atoms with van der Waals surface area (Å²) in [6.45, 7) is 24.6. The van der Waals surface area contributed by atoms with Crippen LogP contribution in [0.15, 0.2) is 83.4 Å². The number of benzene rings is 2. The maximum Gasteiger partial charge on any atom is 0.261 e. The molecule has 2 aromatic rings. The number of thioether (sulfide) groups is 1. The molecule has 2 aromatic carbocycles. The summed E-state index contributed by atoms with van der Waals surface area (Å²) in [4.78, 5) is 15.6. The predicted molar refractivity (Wildman–Crippen MR) is 265 cm³/mol. The van der Waals surface area contributed by atoms with Gasteiger partial charge >= 0.3 is 0 Å².